The van der Waals surface area contributed by atoms with Gasteiger partial charge in [0.2, 0.25) is 0 Å². The number of carbonyl (C=O) groups excluding carboxylic acids is 2. The summed E-state index contributed by atoms with van der Waals surface area (Å²) < 4.78 is 14.4. The first-order valence-corrected chi connectivity index (χ1v) is 9.19. The van der Waals surface area contributed by atoms with Gasteiger partial charge in [-0.25, -0.2) is 9.29 Å². The van der Waals surface area contributed by atoms with Crippen LogP contribution in [-0.4, -0.2) is 29.8 Å². The Morgan fingerprint density at radius 3 is 2.26 bits per heavy atom. The highest BCUT2D eigenvalue weighted by atomic mass is 19.1. The minimum Gasteiger partial charge on any atom is -0.366 e. The summed E-state index contributed by atoms with van der Waals surface area (Å²) in [6.07, 6.45) is 1.95. The molecule has 0 aliphatic carbocycles. The number of benzene rings is 2. The Morgan fingerprint density at radius 1 is 0.889 bits per heavy atom. The van der Waals surface area contributed by atoms with E-state index in [1.54, 1.807) is 12.1 Å². The molecule has 4 rings (SSSR count). The summed E-state index contributed by atoms with van der Waals surface area (Å²) >= 11 is 0. The van der Waals surface area contributed by atoms with E-state index >= 15 is 0 Å². The minimum atomic E-state index is -0.582. The lowest BCUT2D eigenvalue weighted by Crippen LogP contribution is -2.35. The maximum Gasteiger partial charge on any atom is 0.282 e. The quantitative estimate of drug-likeness (QED) is 0.778. The first-order valence-electron chi connectivity index (χ1n) is 9.19. The second-order valence-corrected chi connectivity index (χ2v) is 7.11. The van der Waals surface area contributed by atoms with Crippen molar-refractivity contribution in [2.75, 3.05) is 18.0 Å². The van der Waals surface area contributed by atoms with Gasteiger partial charge in [-0.2, -0.15) is 0 Å². The summed E-state index contributed by atoms with van der Waals surface area (Å²) in [5.41, 5.74) is 3.63. The van der Waals surface area contributed by atoms with E-state index in [0.717, 1.165) is 42.0 Å². The second-order valence-electron chi connectivity index (χ2n) is 7.11. The number of halogens is 1. The lowest BCUT2D eigenvalue weighted by molar-refractivity contribution is -0.120. The lowest BCUT2D eigenvalue weighted by atomic mass is 9.99. The molecule has 2 aliphatic heterocycles. The molecule has 4 nitrogen and oxygen atoms in total. The van der Waals surface area contributed by atoms with Crippen molar-refractivity contribution in [1.29, 1.82) is 0 Å². The summed E-state index contributed by atoms with van der Waals surface area (Å²) in [4.78, 5) is 29.5. The largest absolute Gasteiger partial charge is 0.366 e. The zero-order valence-corrected chi connectivity index (χ0v) is 15.5. The molecular weight excluding hydrogens is 343 g/mol. The molecule has 0 atom stereocenters. The molecule has 2 aromatic rings. The average Bonchev–Trinajstić information content (AvgIpc) is 3.25. The van der Waals surface area contributed by atoms with Crippen LogP contribution in [0.5, 0.6) is 0 Å². The minimum absolute atomic E-state index is 0.00281. The molecule has 2 amide bonds. The van der Waals surface area contributed by atoms with Crippen LogP contribution in [0.25, 0.3) is 5.57 Å². The predicted octanol–water partition coefficient (Wildman–Crippen LogP) is 3.82. The van der Waals surface area contributed by atoms with Crippen LogP contribution in [0.1, 0.15) is 29.5 Å². The van der Waals surface area contributed by atoms with Gasteiger partial charge in [0.1, 0.15) is 11.5 Å². The van der Waals surface area contributed by atoms with Gasteiger partial charge in [-0.15, -0.1) is 0 Å². The molecule has 0 radical (unpaired) electrons. The van der Waals surface area contributed by atoms with E-state index in [4.69, 9.17) is 0 Å². The standard InChI is InChI=1S/C22H21FN2O2/c1-14-9-10-16(13-15(14)2)19-20(24-11-5-6-12-24)22(27)25(21(19)26)18-8-4-3-7-17(18)23/h3-4,7-10,13H,5-6,11-12H2,1-2H3. The number of anilines is 1. The maximum absolute atomic E-state index is 14.4. The molecule has 0 spiro atoms. The third-order valence-corrected chi connectivity index (χ3v) is 5.37. The highest BCUT2D eigenvalue weighted by molar-refractivity contribution is 6.45. The molecule has 1 saturated heterocycles. The lowest BCUT2D eigenvalue weighted by Gasteiger charge is -2.20. The molecule has 0 saturated carbocycles. The van der Waals surface area contributed by atoms with Gasteiger partial charge in [0.05, 0.1) is 11.3 Å². The topological polar surface area (TPSA) is 40.6 Å². The molecule has 2 aromatic carbocycles. The van der Waals surface area contributed by atoms with E-state index in [1.165, 1.54) is 12.1 Å². The summed E-state index contributed by atoms with van der Waals surface area (Å²) in [7, 11) is 0. The van der Waals surface area contributed by atoms with E-state index < -0.39 is 17.6 Å². The number of carbonyl (C=O) groups is 2. The molecule has 0 aromatic heterocycles. The van der Waals surface area contributed by atoms with Crippen LogP contribution in [0.3, 0.4) is 0 Å². The Kier molecular flexibility index (Phi) is 4.30. The Bertz CT molecular complexity index is 974. The van der Waals surface area contributed by atoms with Crippen LogP contribution in [0.15, 0.2) is 48.2 Å². The number of imide groups is 1. The Balaban J connectivity index is 1.88. The van der Waals surface area contributed by atoms with E-state index in [2.05, 4.69) is 0 Å². The first-order chi connectivity index (χ1) is 13.0. The van der Waals surface area contributed by atoms with Crippen LogP contribution in [-0.2, 0) is 9.59 Å². The first kappa shape index (κ1) is 17.5. The fourth-order valence-corrected chi connectivity index (χ4v) is 3.76. The van der Waals surface area contributed by atoms with Crippen molar-refractivity contribution < 1.29 is 14.0 Å². The molecule has 2 heterocycles. The highest BCUT2D eigenvalue weighted by Gasteiger charge is 2.43. The van der Waals surface area contributed by atoms with E-state index in [0.29, 0.717) is 16.8 Å². The molecular formula is C22H21FN2O2. The number of rotatable bonds is 3. The molecule has 2 aliphatic rings. The van der Waals surface area contributed by atoms with Gasteiger partial charge in [0.15, 0.2) is 0 Å². The normalized spacial score (nSPS) is 17.4. The Morgan fingerprint density at radius 2 is 1.59 bits per heavy atom. The third kappa shape index (κ3) is 2.83. The number of amides is 2. The summed E-state index contributed by atoms with van der Waals surface area (Å²) in [5.74, 6) is -1.49. The fourth-order valence-electron chi connectivity index (χ4n) is 3.76. The zero-order chi connectivity index (χ0) is 19.1. The van der Waals surface area contributed by atoms with Crippen LogP contribution in [0.2, 0.25) is 0 Å². The second kappa shape index (κ2) is 6.65. The van der Waals surface area contributed by atoms with E-state index in [-0.39, 0.29) is 5.69 Å². The van der Waals surface area contributed by atoms with E-state index in [1.807, 2.05) is 36.9 Å². The van der Waals surface area contributed by atoms with Crippen LogP contribution < -0.4 is 4.90 Å². The van der Waals surface area contributed by atoms with Gasteiger partial charge in [-0.05, 0) is 55.5 Å². The third-order valence-electron chi connectivity index (χ3n) is 5.37. The van der Waals surface area contributed by atoms with Crippen LogP contribution in [0.4, 0.5) is 10.1 Å². The van der Waals surface area contributed by atoms with Crippen LogP contribution >= 0.6 is 0 Å². The van der Waals surface area contributed by atoms with Crippen molar-refractivity contribution >= 4 is 23.1 Å². The van der Waals surface area contributed by atoms with Gasteiger partial charge in [-0.3, -0.25) is 9.59 Å². The summed E-state index contributed by atoms with van der Waals surface area (Å²) in [6, 6.07) is 11.6. The van der Waals surface area contributed by atoms with Crippen molar-refractivity contribution in [2.45, 2.75) is 26.7 Å². The number of hydrogen-bond donors (Lipinski definition) is 0. The molecule has 0 N–H and O–H groups in total. The Hall–Kier alpha value is -2.95. The SMILES string of the molecule is Cc1ccc(C2=C(N3CCCC3)C(=O)N(c3ccccc3F)C2=O)cc1C. The number of aryl methyl sites for hydroxylation is 2. The van der Waals surface area contributed by atoms with Gasteiger partial charge in [0.25, 0.3) is 11.8 Å². The number of likely N-dealkylation sites (tertiary alicyclic amines) is 1. The van der Waals surface area contributed by atoms with Crippen molar-refractivity contribution in [1.82, 2.24) is 4.90 Å². The summed E-state index contributed by atoms with van der Waals surface area (Å²) in [5, 5.41) is 0. The van der Waals surface area contributed by atoms with Crippen LogP contribution in [0, 0.1) is 19.7 Å². The number of nitrogens with zero attached hydrogens (tertiary/aromatic N) is 2. The monoisotopic (exact) mass is 364 g/mol. The molecule has 138 valence electrons. The Labute approximate surface area is 157 Å². The molecule has 1 fully saturated rings. The fraction of sp³-hybridized carbons (Fsp3) is 0.273. The van der Waals surface area contributed by atoms with Crippen molar-refractivity contribution in [3.8, 4) is 0 Å². The average molecular weight is 364 g/mol. The van der Waals surface area contributed by atoms with Crippen molar-refractivity contribution in [3.63, 3.8) is 0 Å². The predicted molar refractivity (Wildman–Crippen MR) is 103 cm³/mol. The molecule has 5 heteroatoms. The van der Waals surface area contributed by atoms with Gasteiger partial charge in [-0.1, -0.05) is 30.3 Å². The van der Waals surface area contributed by atoms with E-state index in [9.17, 15) is 14.0 Å². The van der Waals surface area contributed by atoms with Gasteiger partial charge in [0, 0.05) is 13.1 Å². The molecule has 0 bridgehead atoms. The van der Waals surface area contributed by atoms with Crippen molar-refractivity contribution in [2.24, 2.45) is 0 Å². The van der Waals surface area contributed by atoms with Gasteiger partial charge < -0.3 is 4.90 Å². The molecule has 0 unspecified atom stereocenters. The smallest absolute Gasteiger partial charge is 0.282 e. The maximum atomic E-state index is 14.4. The highest BCUT2D eigenvalue weighted by Crippen LogP contribution is 2.37. The zero-order valence-electron chi connectivity index (χ0n) is 15.5. The number of para-hydroxylation sites is 1. The van der Waals surface area contributed by atoms with Gasteiger partial charge >= 0.3 is 0 Å². The summed E-state index contributed by atoms with van der Waals surface area (Å²) in [6.45, 7) is 5.44. The van der Waals surface area contributed by atoms with Crippen molar-refractivity contribution in [3.05, 3.63) is 70.7 Å². The number of hydrogen-bond acceptors (Lipinski definition) is 3. The molecule has 27 heavy (non-hydrogen) atoms.